The molecule has 0 aromatic heterocycles. The molecule has 8 heteroatoms. The van der Waals surface area contributed by atoms with Gasteiger partial charge in [-0.15, -0.1) is 0 Å². The van der Waals surface area contributed by atoms with Gasteiger partial charge < -0.3 is 9.47 Å². The standard InChI is InChI=1S/C35H32F3NO4/c1-20-9-11-31(25-8-6-7-24(17-25)30-12-10-26(16-22(30)3)33(40)42-5)28(13-20)19-39-23(4)32(43-34(39)41)27-14-21(2)15-29(18-27)35(36,37)38/h6-18,23,32H,19H2,1-5H3/t23-,32-/m0/s1. The molecule has 222 valence electrons. The lowest BCUT2D eigenvalue weighted by atomic mass is 9.92. The van der Waals surface area contributed by atoms with Gasteiger partial charge in [0.1, 0.15) is 6.10 Å². The van der Waals surface area contributed by atoms with Crippen LogP contribution in [0.3, 0.4) is 0 Å². The van der Waals surface area contributed by atoms with Crippen molar-refractivity contribution in [1.29, 1.82) is 0 Å². The molecule has 1 saturated heterocycles. The van der Waals surface area contributed by atoms with Gasteiger partial charge in [0.25, 0.3) is 0 Å². The molecule has 1 fully saturated rings. The van der Waals surface area contributed by atoms with Crippen molar-refractivity contribution < 1.29 is 32.2 Å². The highest BCUT2D eigenvalue weighted by Gasteiger charge is 2.41. The molecular formula is C35H32F3NO4. The van der Waals surface area contributed by atoms with Crippen molar-refractivity contribution in [1.82, 2.24) is 4.90 Å². The summed E-state index contributed by atoms with van der Waals surface area (Å²) in [5, 5.41) is 0. The van der Waals surface area contributed by atoms with Crippen molar-refractivity contribution in [2.45, 2.75) is 52.6 Å². The molecule has 0 aliphatic carbocycles. The van der Waals surface area contributed by atoms with E-state index in [2.05, 4.69) is 6.07 Å². The highest BCUT2D eigenvalue weighted by Crippen LogP contribution is 2.39. The van der Waals surface area contributed by atoms with Crippen LogP contribution in [0.5, 0.6) is 0 Å². The van der Waals surface area contributed by atoms with Crippen LogP contribution in [0.4, 0.5) is 18.0 Å². The number of benzene rings is 4. The molecule has 2 atom stereocenters. The lowest BCUT2D eigenvalue weighted by Gasteiger charge is -2.23. The molecule has 43 heavy (non-hydrogen) atoms. The van der Waals surface area contributed by atoms with Gasteiger partial charge >= 0.3 is 18.2 Å². The lowest BCUT2D eigenvalue weighted by Crippen LogP contribution is -2.31. The summed E-state index contributed by atoms with van der Waals surface area (Å²) in [6.45, 7) is 7.52. The number of aryl methyl sites for hydroxylation is 3. The smallest absolute Gasteiger partial charge is 0.416 e. The maximum absolute atomic E-state index is 13.5. The Bertz CT molecular complexity index is 1710. The molecule has 1 aliphatic heterocycles. The number of hydrogen-bond donors (Lipinski definition) is 0. The number of cyclic esters (lactones) is 1. The molecule has 1 heterocycles. The van der Waals surface area contributed by atoms with Crippen molar-refractivity contribution in [2.24, 2.45) is 0 Å². The third-order valence-corrected chi connectivity index (χ3v) is 7.88. The molecule has 0 saturated carbocycles. The number of halogens is 3. The Morgan fingerprint density at radius 2 is 1.58 bits per heavy atom. The third kappa shape index (κ3) is 6.14. The average Bonchev–Trinajstić information content (AvgIpc) is 3.24. The van der Waals surface area contributed by atoms with E-state index in [4.69, 9.17) is 9.47 Å². The van der Waals surface area contributed by atoms with Crippen molar-refractivity contribution in [3.05, 3.63) is 118 Å². The van der Waals surface area contributed by atoms with Crippen molar-refractivity contribution >= 4 is 12.1 Å². The topological polar surface area (TPSA) is 55.8 Å². The molecule has 4 aromatic carbocycles. The Balaban J connectivity index is 1.46. The number of alkyl halides is 3. The number of carbonyl (C=O) groups is 2. The molecule has 0 spiro atoms. The van der Waals surface area contributed by atoms with Crippen LogP contribution in [0, 0.1) is 20.8 Å². The van der Waals surface area contributed by atoms with E-state index in [1.54, 1.807) is 36.9 Å². The van der Waals surface area contributed by atoms with Gasteiger partial charge in [-0.05, 0) is 97.0 Å². The van der Waals surface area contributed by atoms with Gasteiger partial charge in [0.05, 0.1) is 30.8 Å². The second-order valence-electron chi connectivity index (χ2n) is 11.1. The van der Waals surface area contributed by atoms with Crippen molar-refractivity contribution in [3.63, 3.8) is 0 Å². The first-order valence-electron chi connectivity index (χ1n) is 13.9. The Kier molecular flexibility index (Phi) is 8.06. The van der Waals surface area contributed by atoms with Crippen LogP contribution in [0.25, 0.3) is 22.3 Å². The van der Waals surface area contributed by atoms with Crippen LogP contribution >= 0.6 is 0 Å². The van der Waals surface area contributed by atoms with Gasteiger partial charge in [0.15, 0.2) is 0 Å². The van der Waals surface area contributed by atoms with Crippen LogP contribution in [0.1, 0.15) is 56.8 Å². The van der Waals surface area contributed by atoms with Crippen LogP contribution < -0.4 is 0 Å². The summed E-state index contributed by atoms with van der Waals surface area (Å²) in [4.78, 5) is 26.6. The normalized spacial score (nSPS) is 16.7. The SMILES string of the molecule is COC(=O)c1ccc(-c2cccc(-c3ccc(C)cc3CN3C(=O)O[C@H](c4cc(C)cc(C(F)(F)F)c4)[C@@H]3C)c2)c(C)c1. The summed E-state index contributed by atoms with van der Waals surface area (Å²) in [6, 6.07) is 22.8. The van der Waals surface area contributed by atoms with Crippen LogP contribution in [0.2, 0.25) is 0 Å². The first-order chi connectivity index (χ1) is 20.3. The van der Waals surface area contributed by atoms with E-state index in [9.17, 15) is 22.8 Å². The van der Waals surface area contributed by atoms with Gasteiger partial charge in [-0.1, -0.05) is 59.7 Å². The van der Waals surface area contributed by atoms with Gasteiger partial charge in [0.2, 0.25) is 0 Å². The minimum atomic E-state index is -4.50. The number of esters is 1. The number of rotatable bonds is 6. The molecule has 0 unspecified atom stereocenters. The third-order valence-electron chi connectivity index (χ3n) is 7.88. The summed E-state index contributed by atoms with van der Waals surface area (Å²) < 4.78 is 51.0. The lowest BCUT2D eigenvalue weighted by molar-refractivity contribution is -0.137. The number of methoxy groups -OCH3 is 1. The number of carbonyl (C=O) groups excluding carboxylic acids is 2. The maximum Gasteiger partial charge on any atom is 0.416 e. The molecule has 0 bridgehead atoms. The van der Waals surface area contributed by atoms with E-state index in [1.807, 2.05) is 56.3 Å². The average molecular weight is 588 g/mol. The fourth-order valence-electron chi connectivity index (χ4n) is 5.71. The second kappa shape index (κ2) is 11.6. The molecule has 1 aliphatic rings. The Hall–Kier alpha value is -4.59. The molecule has 5 nitrogen and oxygen atoms in total. The summed E-state index contributed by atoms with van der Waals surface area (Å²) in [6.07, 6.45) is -5.91. The number of hydrogen-bond acceptors (Lipinski definition) is 4. The first kappa shape index (κ1) is 29.9. The van der Waals surface area contributed by atoms with E-state index >= 15 is 0 Å². The predicted molar refractivity (Wildman–Crippen MR) is 159 cm³/mol. The summed E-state index contributed by atoms with van der Waals surface area (Å²) in [5.41, 5.74) is 7.10. The van der Waals surface area contributed by atoms with Gasteiger partial charge in [-0.3, -0.25) is 4.90 Å². The molecular weight excluding hydrogens is 555 g/mol. The van der Waals surface area contributed by atoms with Crippen LogP contribution in [0.15, 0.2) is 78.9 Å². The minimum absolute atomic E-state index is 0.225. The highest BCUT2D eigenvalue weighted by molar-refractivity contribution is 5.90. The van der Waals surface area contributed by atoms with Crippen LogP contribution in [-0.4, -0.2) is 30.1 Å². The minimum Gasteiger partial charge on any atom is -0.465 e. The van der Waals surface area contributed by atoms with E-state index < -0.39 is 35.9 Å². The van der Waals surface area contributed by atoms with E-state index in [0.29, 0.717) is 16.7 Å². The first-order valence-corrected chi connectivity index (χ1v) is 13.9. The van der Waals surface area contributed by atoms with Gasteiger partial charge in [0, 0.05) is 0 Å². The van der Waals surface area contributed by atoms with Gasteiger partial charge in [-0.25, -0.2) is 9.59 Å². The monoisotopic (exact) mass is 587 g/mol. The number of amides is 1. The van der Waals surface area contributed by atoms with Crippen molar-refractivity contribution in [2.75, 3.05) is 7.11 Å². The number of ether oxygens (including phenoxy) is 2. The van der Waals surface area contributed by atoms with Crippen LogP contribution in [-0.2, 0) is 22.2 Å². The van der Waals surface area contributed by atoms with E-state index in [-0.39, 0.29) is 6.54 Å². The van der Waals surface area contributed by atoms with E-state index in [1.165, 1.54) is 7.11 Å². The fourth-order valence-corrected chi connectivity index (χ4v) is 5.71. The largest absolute Gasteiger partial charge is 0.465 e. The maximum atomic E-state index is 13.5. The molecule has 0 radical (unpaired) electrons. The molecule has 4 aromatic rings. The summed E-state index contributed by atoms with van der Waals surface area (Å²) >= 11 is 0. The molecule has 1 amide bonds. The second-order valence-corrected chi connectivity index (χ2v) is 11.1. The zero-order valence-electron chi connectivity index (χ0n) is 24.6. The quantitative estimate of drug-likeness (QED) is 0.212. The Morgan fingerprint density at radius 3 is 2.26 bits per heavy atom. The zero-order chi connectivity index (χ0) is 31.1. The zero-order valence-corrected chi connectivity index (χ0v) is 24.6. The Labute approximate surface area is 248 Å². The van der Waals surface area contributed by atoms with Crippen molar-refractivity contribution in [3.8, 4) is 22.3 Å². The Morgan fingerprint density at radius 1 is 0.884 bits per heavy atom. The number of nitrogens with zero attached hydrogens (tertiary/aromatic N) is 1. The fraction of sp³-hybridized carbons (Fsp3) is 0.257. The summed E-state index contributed by atoms with van der Waals surface area (Å²) in [7, 11) is 1.35. The summed E-state index contributed by atoms with van der Waals surface area (Å²) in [5.74, 6) is -0.396. The molecule has 0 N–H and O–H groups in total. The van der Waals surface area contributed by atoms with Gasteiger partial charge in [-0.2, -0.15) is 13.2 Å². The molecule has 5 rings (SSSR count). The predicted octanol–water partition coefficient (Wildman–Crippen LogP) is 8.83. The highest BCUT2D eigenvalue weighted by atomic mass is 19.4. The van der Waals surface area contributed by atoms with E-state index in [0.717, 1.165) is 51.1 Å².